The van der Waals surface area contributed by atoms with Crippen LogP contribution >= 0.6 is 11.6 Å². The predicted molar refractivity (Wildman–Crippen MR) is 185 cm³/mol. The molecular formula is C33H45ClN4O9S2. The summed E-state index contributed by atoms with van der Waals surface area (Å²) >= 11 is 5.98. The van der Waals surface area contributed by atoms with Crippen molar-refractivity contribution in [3.63, 3.8) is 0 Å². The molecule has 3 aromatic rings. The second kappa shape index (κ2) is 16.2. The van der Waals surface area contributed by atoms with Gasteiger partial charge in [-0.1, -0.05) is 23.7 Å². The number of aromatic nitrogens is 1. The summed E-state index contributed by atoms with van der Waals surface area (Å²) in [6.07, 6.45) is 1.16. The Morgan fingerprint density at radius 1 is 1.10 bits per heavy atom. The van der Waals surface area contributed by atoms with Crippen molar-refractivity contribution in [1.29, 1.82) is 0 Å². The van der Waals surface area contributed by atoms with Crippen LogP contribution in [0.2, 0.25) is 5.02 Å². The zero-order valence-corrected chi connectivity index (χ0v) is 30.9. The fourth-order valence-corrected chi connectivity index (χ4v) is 8.34. The summed E-state index contributed by atoms with van der Waals surface area (Å²) in [4.78, 5) is 15.9. The molecule has 4 atom stereocenters. The maximum atomic E-state index is 14.4. The van der Waals surface area contributed by atoms with Crippen LogP contribution in [0, 0.1) is 19.8 Å². The molecule has 13 nitrogen and oxygen atoms in total. The summed E-state index contributed by atoms with van der Waals surface area (Å²) in [6, 6.07) is 9.73. The second-order valence-electron chi connectivity index (χ2n) is 12.5. The molecule has 2 heterocycles. The predicted octanol–water partition coefficient (Wildman–Crippen LogP) is 4.86. The molecule has 270 valence electrons. The first kappa shape index (κ1) is 38.6. The Labute approximate surface area is 293 Å². The zero-order chi connectivity index (χ0) is 36.1. The zero-order valence-electron chi connectivity index (χ0n) is 28.5. The summed E-state index contributed by atoms with van der Waals surface area (Å²) in [7, 11) is -6.53. The van der Waals surface area contributed by atoms with Gasteiger partial charge in [-0.25, -0.2) is 16.8 Å². The van der Waals surface area contributed by atoms with Crippen molar-refractivity contribution in [2.45, 2.75) is 81.9 Å². The average molecular weight is 741 g/mol. The summed E-state index contributed by atoms with van der Waals surface area (Å²) in [5.74, 6) is -0.517. The number of hydrogen-bond donors (Lipinski definition) is 2. The Hall–Kier alpha value is -3.21. The fourth-order valence-electron chi connectivity index (χ4n) is 5.65. The van der Waals surface area contributed by atoms with Gasteiger partial charge in [0.15, 0.2) is 10.7 Å². The van der Waals surface area contributed by atoms with Crippen LogP contribution in [0.5, 0.6) is 5.75 Å². The fraction of sp³-hybridized carbons (Fsp3) is 0.515. The summed E-state index contributed by atoms with van der Waals surface area (Å²) in [6.45, 7) is 8.54. The molecule has 1 aliphatic rings. The van der Waals surface area contributed by atoms with Crippen LogP contribution in [0.4, 0.5) is 5.69 Å². The maximum absolute atomic E-state index is 14.4. The van der Waals surface area contributed by atoms with E-state index in [1.54, 1.807) is 13.0 Å². The van der Waals surface area contributed by atoms with Crippen LogP contribution in [-0.4, -0.2) is 93.8 Å². The molecule has 1 amide bonds. The molecule has 1 aliphatic heterocycles. The Balaban J connectivity index is 1.69. The number of nitrogens with one attached hydrogen (secondary N) is 1. The monoisotopic (exact) mass is 740 g/mol. The molecule has 0 aliphatic carbocycles. The molecule has 4 rings (SSSR count). The number of carbonyl (C=O) groups is 1. The number of aliphatic hydroxyl groups excluding tert-OH is 1. The Bertz CT molecular complexity index is 1800. The molecule has 0 bridgehead atoms. The van der Waals surface area contributed by atoms with E-state index in [4.69, 9.17) is 25.6 Å². The molecule has 2 N–H and O–H groups in total. The second-order valence-corrected chi connectivity index (χ2v) is 16.6. The van der Waals surface area contributed by atoms with Crippen molar-refractivity contribution in [3.8, 4) is 5.75 Å². The molecule has 49 heavy (non-hydrogen) atoms. The minimum absolute atomic E-state index is 0.00535. The van der Waals surface area contributed by atoms with E-state index in [1.165, 1.54) is 66.5 Å². The van der Waals surface area contributed by atoms with E-state index in [0.29, 0.717) is 24.5 Å². The Morgan fingerprint density at radius 3 is 2.43 bits per heavy atom. The molecule has 0 fully saturated rings. The van der Waals surface area contributed by atoms with Gasteiger partial charge in [0.05, 0.1) is 35.3 Å². The highest BCUT2D eigenvalue weighted by Crippen LogP contribution is 2.31. The van der Waals surface area contributed by atoms with Gasteiger partial charge >= 0.3 is 0 Å². The number of aryl methyl sites for hydroxylation is 2. The van der Waals surface area contributed by atoms with Crippen LogP contribution in [0.1, 0.15) is 61.8 Å². The smallest absolute Gasteiger partial charge is 0.267 e. The number of sulfonamides is 2. The third kappa shape index (κ3) is 9.32. The van der Waals surface area contributed by atoms with E-state index in [2.05, 4.69) is 9.88 Å². The van der Waals surface area contributed by atoms with Crippen molar-refractivity contribution in [1.82, 2.24) is 14.4 Å². The van der Waals surface area contributed by atoms with Gasteiger partial charge in [-0.3, -0.25) is 9.52 Å². The number of likely N-dealkylation sites (N-methyl/N-ethyl adjacent to an activating group) is 1. The molecule has 0 spiro atoms. The standard InChI is InChI=1S/C33H45ClN4O9S2/c1-21-18-38(22(2)20-39)33(40)29-17-27(36-48(41,42)32-24(4)35-47-25(32)5)12-15-30(29)46-23(3)9-7-8-16-45-31(21)19-37(6)49(43,44)28-13-10-26(34)11-14-28/h10-15,17,21-23,31,36,39H,7-9,16,18-20H2,1-6H3/t21-,22+,23+,31+/m1/s1. The lowest BCUT2D eigenvalue weighted by Gasteiger charge is -2.35. The molecule has 16 heteroatoms. The molecule has 0 saturated carbocycles. The van der Waals surface area contributed by atoms with Gasteiger partial charge in [0.25, 0.3) is 15.9 Å². The lowest BCUT2D eigenvalue weighted by molar-refractivity contribution is -0.00833. The number of anilines is 1. The van der Waals surface area contributed by atoms with E-state index in [9.17, 15) is 26.7 Å². The van der Waals surface area contributed by atoms with Gasteiger partial charge in [-0.05, 0) is 89.4 Å². The van der Waals surface area contributed by atoms with Gasteiger partial charge in [-0.2, -0.15) is 4.31 Å². The topological polar surface area (TPSA) is 169 Å². The number of nitrogens with zero attached hydrogens (tertiary/aromatic N) is 3. The SMILES string of the molecule is Cc1noc(C)c1S(=O)(=O)Nc1ccc2c(c1)C(=O)N([C@@H](C)CO)C[C@@H](C)[C@H](CN(C)S(=O)(=O)c1ccc(Cl)cc1)OCCCC[C@H](C)O2. The number of halogens is 1. The summed E-state index contributed by atoms with van der Waals surface area (Å²) < 4.78 is 74.8. The molecule has 1 aromatic heterocycles. The van der Waals surface area contributed by atoms with Crippen molar-refractivity contribution < 1.29 is 40.7 Å². The maximum Gasteiger partial charge on any atom is 0.267 e. The van der Waals surface area contributed by atoms with E-state index in [1.807, 2.05) is 13.8 Å². The third-order valence-corrected chi connectivity index (χ3v) is 12.2. The van der Waals surface area contributed by atoms with E-state index in [0.717, 1.165) is 6.42 Å². The number of hydrogen-bond acceptors (Lipinski definition) is 10. The first-order valence-electron chi connectivity index (χ1n) is 16.1. The lowest BCUT2D eigenvalue weighted by atomic mass is 10.0. The van der Waals surface area contributed by atoms with E-state index < -0.39 is 44.0 Å². The number of carbonyl (C=O) groups excluding carboxylic acids is 1. The largest absolute Gasteiger partial charge is 0.490 e. The molecule has 2 aromatic carbocycles. The number of fused-ring (bicyclic) bond motifs is 1. The first-order valence-corrected chi connectivity index (χ1v) is 19.4. The Kier molecular flexibility index (Phi) is 12.8. The van der Waals surface area contributed by atoms with E-state index >= 15 is 0 Å². The Morgan fingerprint density at radius 2 is 1.80 bits per heavy atom. The normalized spacial score (nSPS) is 20.7. The number of benzene rings is 2. The summed E-state index contributed by atoms with van der Waals surface area (Å²) in [5.41, 5.74) is 0.400. The van der Waals surface area contributed by atoms with Crippen molar-refractivity contribution >= 4 is 43.2 Å². The highest BCUT2D eigenvalue weighted by molar-refractivity contribution is 7.92. The molecule has 0 unspecified atom stereocenters. The van der Waals surface area contributed by atoms with Gasteiger partial charge < -0.3 is 24.0 Å². The van der Waals surface area contributed by atoms with Crippen LogP contribution in [0.3, 0.4) is 0 Å². The van der Waals surface area contributed by atoms with Crippen LogP contribution < -0.4 is 9.46 Å². The minimum atomic E-state index is -4.12. The van der Waals surface area contributed by atoms with Gasteiger partial charge in [0.2, 0.25) is 10.0 Å². The van der Waals surface area contributed by atoms with Gasteiger partial charge in [-0.15, -0.1) is 0 Å². The van der Waals surface area contributed by atoms with Crippen LogP contribution in [0.15, 0.2) is 56.8 Å². The molecule has 0 saturated heterocycles. The van der Waals surface area contributed by atoms with Crippen LogP contribution in [-0.2, 0) is 24.8 Å². The van der Waals surface area contributed by atoms with Gasteiger partial charge in [0.1, 0.15) is 11.4 Å². The summed E-state index contributed by atoms with van der Waals surface area (Å²) in [5, 5.41) is 14.4. The van der Waals surface area contributed by atoms with Crippen molar-refractivity contribution in [3.05, 3.63) is 64.5 Å². The highest BCUT2D eigenvalue weighted by atomic mass is 35.5. The number of aliphatic hydroxyl groups is 1. The lowest BCUT2D eigenvalue weighted by Crippen LogP contribution is -2.48. The van der Waals surface area contributed by atoms with Crippen molar-refractivity contribution in [2.24, 2.45) is 5.92 Å². The minimum Gasteiger partial charge on any atom is -0.490 e. The number of rotatable bonds is 9. The third-order valence-electron chi connectivity index (χ3n) is 8.50. The average Bonchev–Trinajstić information content (AvgIpc) is 3.40. The van der Waals surface area contributed by atoms with Crippen molar-refractivity contribution in [2.75, 3.05) is 38.1 Å². The first-order chi connectivity index (χ1) is 23.0. The highest BCUT2D eigenvalue weighted by Gasteiger charge is 2.33. The molecular weight excluding hydrogens is 696 g/mol. The molecule has 0 radical (unpaired) electrons. The van der Waals surface area contributed by atoms with Gasteiger partial charge in [0, 0.05) is 43.4 Å². The van der Waals surface area contributed by atoms with E-state index in [-0.39, 0.29) is 64.0 Å². The number of ether oxygens (including phenoxy) is 2. The van der Waals surface area contributed by atoms with Crippen LogP contribution in [0.25, 0.3) is 0 Å². The number of amides is 1. The quantitative estimate of drug-likeness (QED) is 0.309.